The van der Waals surface area contributed by atoms with Crippen LogP contribution in [0.1, 0.15) is 46.0 Å². The molecule has 0 unspecified atom stereocenters. The molecule has 5 heteroatoms. The third kappa shape index (κ3) is 6.07. The molecule has 0 aromatic heterocycles. The lowest BCUT2D eigenvalue weighted by molar-refractivity contribution is -0.128. The van der Waals surface area contributed by atoms with E-state index in [4.69, 9.17) is 4.74 Å². The zero-order valence-electron chi connectivity index (χ0n) is 15.5. The summed E-state index contributed by atoms with van der Waals surface area (Å²) >= 11 is 0. The first-order valence-corrected chi connectivity index (χ1v) is 9.22. The van der Waals surface area contributed by atoms with Crippen molar-refractivity contribution < 1.29 is 14.3 Å². The number of hydrogen-bond donors (Lipinski definition) is 2. The van der Waals surface area contributed by atoms with Crippen molar-refractivity contribution in [1.82, 2.24) is 5.32 Å². The van der Waals surface area contributed by atoms with Crippen molar-refractivity contribution in [3.63, 3.8) is 0 Å². The lowest BCUT2D eigenvalue weighted by Crippen LogP contribution is -2.36. The van der Waals surface area contributed by atoms with Crippen molar-refractivity contribution in [3.05, 3.63) is 24.3 Å². The Labute approximate surface area is 150 Å². The molecule has 1 aromatic rings. The lowest BCUT2D eigenvalue weighted by atomic mass is 9.81. The Hall–Kier alpha value is -2.04. The maximum Gasteiger partial charge on any atom is 0.227 e. The summed E-state index contributed by atoms with van der Waals surface area (Å²) < 4.78 is 5.12. The van der Waals surface area contributed by atoms with Gasteiger partial charge in [0.15, 0.2) is 0 Å². The van der Waals surface area contributed by atoms with Gasteiger partial charge in [-0.05, 0) is 62.3 Å². The van der Waals surface area contributed by atoms with Gasteiger partial charge in [0.05, 0.1) is 7.11 Å². The standard InChI is InChI=1S/C20H30N2O3/c1-14(2)12-13-21-19(23)15-4-6-16(7-5-15)20(24)22-17-8-10-18(25-3)11-9-17/h8-11,14-16H,4-7,12-13H2,1-3H3,(H,21,23)(H,22,24). The average Bonchev–Trinajstić information content (AvgIpc) is 2.62. The normalized spacial score (nSPS) is 20.2. The van der Waals surface area contributed by atoms with E-state index >= 15 is 0 Å². The van der Waals surface area contributed by atoms with Gasteiger partial charge in [0.1, 0.15) is 5.75 Å². The van der Waals surface area contributed by atoms with Crippen LogP contribution in [0.3, 0.4) is 0 Å². The van der Waals surface area contributed by atoms with Crippen molar-refractivity contribution in [2.24, 2.45) is 17.8 Å². The zero-order chi connectivity index (χ0) is 18.2. The molecule has 1 aliphatic carbocycles. The van der Waals surface area contributed by atoms with Gasteiger partial charge in [-0.25, -0.2) is 0 Å². The second-order valence-electron chi connectivity index (χ2n) is 7.24. The summed E-state index contributed by atoms with van der Waals surface area (Å²) in [6.45, 7) is 5.05. The van der Waals surface area contributed by atoms with Crippen molar-refractivity contribution in [3.8, 4) is 5.75 Å². The molecule has 2 N–H and O–H groups in total. The van der Waals surface area contributed by atoms with Crippen molar-refractivity contribution >= 4 is 17.5 Å². The third-order valence-corrected chi connectivity index (χ3v) is 4.85. The molecule has 1 fully saturated rings. The van der Waals surface area contributed by atoms with Gasteiger partial charge in [-0.15, -0.1) is 0 Å². The monoisotopic (exact) mass is 346 g/mol. The summed E-state index contributed by atoms with van der Waals surface area (Å²) in [5.41, 5.74) is 0.777. The van der Waals surface area contributed by atoms with E-state index in [0.717, 1.165) is 50.1 Å². The van der Waals surface area contributed by atoms with E-state index in [0.29, 0.717) is 5.92 Å². The second-order valence-corrected chi connectivity index (χ2v) is 7.24. The molecule has 0 saturated heterocycles. The number of hydrogen-bond acceptors (Lipinski definition) is 3. The first kappa shape index (κ1) is 19.3. The number of carbonyl (C=O) groups excluding carboxylic acids is 2. The van der Waals surface area contributed by atoms with Crippen LogP contribution in [-0.4, -0.2) is 25.5 Å². The van der Waals surface area contributed by atoms with E-state index in [2.05, 4.69) is 24.5 Å². The minimum atomic E-state index is -0.0122. The maximum atomic E-state index is 12.4. The van der Waals surface area contributed by atoms with Gasteiger partial charge in [0, 0.05) is 24.1 Å². The molecule has 5 nitrogen and oxygen atoms in total. The molecule has 25 heavy (non-hydrogen) atoms. The summed E-state index contributed by atoms with van der Waals surface area (Å²) in [6.07, 6.45) is 4.11. The molecule has 1 saturated carbocycles. The largest absolute Gasteiger partial charge is 0.497 e. The fraction of sp³-hybridized carbons (Fsp3) is 0.600. The molecule has 2 rings (SSSR count). The number of rotatable bonds is 7. The van der Waals surface area contributed by atoms with E-state index < -0.39 is 0 Å². The third-order valence-electron chi connectivity index (χ3n) is 4.85. The van der Waals surface area contributed by atoms with Crippen LogP contribution in [0.2, 0.25) is 0 Å². The number of anilines is 1. The molecule has 0 bridgehead atoms. The van der Waals surface area contributed by atoms with Crippen molar-refractivity contribution in [1.29, 1.82) is 0 Å². The van der Waals surface area contributed by atoms with Crippen LogP contribution >= 0.6 is 0 Å². The second kappa shape index (κ2) is 9.44. The Bertz CT molecular complexity index is 561. The van der Waals surface area contributed by atoms with E-state index in [1.165, 1.54) is 0 Å². The molecule has 1 aliphatic rings. The quantitative estimate of drug-likeness (QED) is 0.792. The Balaban J connectivity index is 1.74. The minimum absolute atomic E-state index is 0.0122. The molecule has 0 aliphatic heterocycles. The first-order chi connectivity index (χ1) is 12.0. The minimum Gasteiger partial charge on any atom is -0.497 e. The average molecular weight is 346 g/mol. The SMILES string of the molecule is COc1ccc(NC(=O)C2CCC(C(=O)NCCC(C)C)CC2)cc1. The van der Waals surface area contributed by atoms with E-state index in [1.54, 1.807) is 7.11 Å². The van der Waals surface area contributed by atoms with Gasteiger partial charge in [0.2, 0.25) is 11.8 Å². The molecule has 2 amide bonds. The molecular weight excluding hydrogens is 316 g/mol. The molecule has 0 atom stereocenters. The molecule has 0 radical (unpaired) electrons. The first-order valence-electron chi connectivity index (χ1n) is 9.22. The van der Waals surface area contributed by atoms with Crippen LogP contribution < -0.4 is 15.4 Å². The van der Waals surface area contributed by atoms with Gasteiger partial charge in [-0.3, -0.25) is 9.59 Å². The highest BCUT2D eigenvalue weighted by atomic mass is 16.5. The lowest BCUT2D eigenvalue weighted by Gasteiger charge is -2.27. The van der Waals surface area contributed by atoms with Crippen LogP contribution in [0.4, 0.5) is 5.69 Å². The number of amides is 2. The van der Waals surface area contributed by atoms with Crippen LogP contribution in [0.15, 0.2) is 24.3 Å². The smallest absolute Gasteiger partial charge is 0.227 e. The number of benzene rings is 1. The topological polar surface area (TPSA) is 67.4 Å². The van der Waals surface area contributed by atoms with Crippen LogP contribution in [0.25, 0.3) is 0 Å². The Morgan fingerprint density at radius 1 is 1.04 bits per heavy atom. The highest BCUT2D eigenvalue weighted by Gasteiger charge is 2.29. The molecule has 0 spiro atoms. The van der Waals surface area contributed by atoms with Crippen LogP contribution in [-0.2, 0) is 9.59 Å². The number of methoxy groups -OCH3 is 1. The highest BCUT2D eigenvalue weighted by molar-refractivity contribution is 5.92. The Morgan fingerprint density at radius 3 is 2.12 bits per heavy atom. The summed E-state index contributed by atoms with van der Waals surface area (Å²) in [7, 11) is 1.62. The maximum absolute atomic E-state index is 12.4. The van der Waals surface area contributed by atoms with Gasteiger partial charge in [-0.1, -0.05) is 13.8 Å². The molecule has 1 aromatic carbocycles. The van der Waals surface area contributed by atoms with Crippen LogP contribution in [0, 0.1) is 17.8 Å². The van der Waals surface area contributed by atoms with Gasteiger partial charge in [0.25, 0.3) is 0 Å². The summed E-state index contributed by atoms with van der Waals surface area (Å²) in [4.78, 5) is 24.6. The molecule has 138 valence electrons. The predicted molar refractivity (Wildman–Crippen MR) is 99.5 cm³/mol. The molecule has 0 heterocycles. The van der Waals surface area contributed by atoms with E-state index in [-0.39, 0.29) is 23.7 Å². The number of nitrogens with one attached hydrogen (secondary N) is 2. The van der Waals surface area contributed by atoms with Gasteiger partial charge >= 0.3 is 0 Å². The van der Waals surface area contributed by atoms with Crippen molar-refractivity contribution in [2.45, 2.75) is 46.0 Å². The Kier molecular flexibility index (Phi) is 7.29. The van der Waals surface area contributed by atoms with Crippen LogP contribution in [0.5, 0.6) is 5.75 Å². The summed E-state index contributed by atoms with van der Waals surface area (Å²) in [5, 5.41) is 5.99. The summed E-state index contributed by atoms with van der Waals surface area (Å²) in [5.74, 6) is 1.59. The number of ether oxygens (including phenoxy) is 1. The Morgan fingerprint density at radius 2 is 1.60 bits per heavy atom. The van der Waals surface area contributed by atoms with E-state index in [1.807, 2.05) is 24.3 Å². The molecular formula is C20H30N2O3. The van der Waals surface area contributed by atoms with E-state index in [9.17, 15) is 9.59 Å². The summed E-state index contributed by atoms with van der Waals surface area (Å²) in [6, 6.07) is 7.33. The predicted octanol–water partition coefficient (Wildman–Crippen LogP) is 3.60. The fourth-order valence-corrected chi connectivity index (χ4v) is 3.16. The van der Waals surface area contributed by atoms with Gasteiger partial charge < -0.3 is 15.4 Å². The van der Waals surface area contributed by atoms with Gasteiger partial charge in [-0.2, -0.15) is 0 Å². The fourth-order valence-electron chi connectivity index (χ4n) is 3.16. The highest BCUT2D eigenvalue weighted by Crippen LogP contribution is 2.30. The zero-order valence-corrected chi connectivity index (χ0v) is 15.5. The number of carbonyl (C=O) groups is 2. The van der Waals surface area contributed by atoms with Crippen molar-refractivity contribution in [2.75, 3.05) is 19.0 Å².